The summed E-state index contributed by atoms with van der Waals surface area (Å²) in [7, 11) is -8.23. The van der Waals surface area contributed by atoms with E-state index in [1.807, 2.05) is 49.4 Å². The van der Waals surface area contributed by atoms with Crippen LogP contribution in [0.1, 0.15) is 11.1 Å². The van der Waals surface area contributed by atoms with Crippen molar-refractivity contribution < 1.29 is 35.8 Å². The van der Waals surface area contributed by atoms with Gasteiger partial charge in [-0.2, -0.15) is 32.2 Å². The van der Waals surface area contributed by atoms with Gasteiger partial charge in [-0.25, -0.2) is 0 Å². The molecule has 0 aliphatic heterocycles. The first kappa shape index (κ1) is 31.4. The van der Waals surface area contributed by atoms with E-state index in [9.17, 15) is 31.0 Å². The highest BCUT2D eigenvalue weighted by molar-refractivity contribution is 7.86. The standard InChI is InChI=1S/C31H26N4O8S2/c1-18-14-20(4-11-26(18)33-32-23-7-9-24(43-3)10-8-23)21-5-12-27(19(2)15-21)34-35-31-28(36)13-6-22-16-25(44(37,38)39)17-29(30(22)31)45(40,41)42/h4-17,36H,1-3H3,(H,37,38,39)(H,40,41,42). The van der Waals surface area contributed by atoms with Gasteiger partial charge < -0.3 is 9.84 Å². The smallest absolute Gasteiger partial charge is 0.295 e. The first-order valence-corrected chi connectivity index (χ1v) is 16.1. The molecule has 0 unspecified atom stereocenters. The minimum absolute atomic E-state index is 0.0288. The summed E-state index contributed by atoms with van der Waals surface area (Å²) in [5, 5.41) is 27.1. The number of fused-ring (bicyclic) bond motifs is 1. The predicted molar refractivity (Wildman–Crippen MR) is 168 cm³/mol. The van der Waals surface area contributed by atoms with Crippen LogP contribution in [0.25, 0.3) is 21.9 Å². The van der Waals surface area contributed by atoms with Gasteiger partial charge in [0.1, 0.15) is 22.1 Å². The largest absolute Gasteiger partial charge is 0.506 e. The Bertz CT molecular complexity index is 2230. The summed E-state index contributed by atoms with van der Waals surface area (Å²) < 4.78 is 72.2. The maximum absolute atomic E-state index is 12.2. The maximum atomic E-state index is 12.2. The summed E-state index contributed by atoms with van der Waals surface area (Å²) in [6.07, 6.45) is 0. The van der Waals surface area contributed by atoms with Crippen LogP contribution in [0.2, 0.25) is 0 Å². The zero-order chi connectivity index (χ0) is 32.5. The summed E-state index contributed by atoms with van der Waals surface area (Å²) in [6, 6.07) is 22.3. The summed E-state index contributed by atoms with van der Waals surface area (Å²) in [5.41, 5.74) is 4.90. The Hall–Kier alpha value is -5.02. The van der Waals surface area contributed by atoms with Crippen LogP contribution in [0, 0.1) is 13.8 Å². The fraction of sp³-hybridized carbons (Fsp3) is 0.0968. The molecule has 230 valence electrons. The molecule has 5 aromatic carbocycles. The van der Waals surface area contributed by atoms with Crippen molar-refractivity contribution in [3.8, 4) is 22.6 Å². The number of phenolic OH excluding ortho intramolecular Hbond substituents is 1. The molecule has 0 aliphatic rings. The van der Waals surface area contributed by atoms with E-state index >= 15 is 0 Å². The van der Waals surface area contributed by atoms with E-state index in [1.54, 1.807) is 32.2 Å². The van der Waals surface area contributed by atoms with Crippen molar-refractivity contribution in [2.24, 2.45) is 20.5 Å². The van der Waals surface area contributed by atoms with Gasteiger partial charge in [0.05, 0.1) is 29.1 Å². The van der Waals surface area contributed by atoms with Gasteiger partial charge in [0.25, 0.3) is 20.2 Å². The molecule has 14 heteroatoms. The number of hydrogen-bond donors (Lipinski definition) is 3. The van der Waals surface area contributed by atoms with E-state index in [4.69, 9.17) is 4.74 Å². The number of rotatable bonds is 8. The molecule has 0 saturated carbocycles. The molecule has 12 nitrogen and oxygen atoms in total. The van der Waals surface area contributed by atoms with Crippen LogP contribution in [-0.4, -0.2) is 38.2 Å². The van der Waals surface area contributed by atoms with Crippen LogP contribution in [0.15, 0.2) is 115 Å². The number of methoxy groups -OCH3 is 1. The van der Waals surface area contributed by atoms with Crippen molar-refractivity contribution in [3.63, 3.8) is 0 Å². The Morgan fingerprint density at radius 3 is 1.73 bits per heavy atom. The number of benzene rings is 5. The average molecular weight is 647 g/mol. The molecule has 5 aromatic rings. The summed E-state index contributed by atoms with van der Waals surface area (Å²) in [6.45, 7) is 3.73. The number of ether oxygens (including phenoxy) is 1. The summed E-state index contributed by atoms with van der Waals surface area (Å²) in [4.78, 5) is -1.63. The van der Waals surface area contributed by atoms with Gasteiger partial charge in [0.2, 0.25) is 0 Å². The second-order valence-electron chi connectivity index (χ2n) is 10.0. The van der Waals surface area contributed by atoms with Crippen LogP contribution < -0.4 is 4.74 Å². The van der Waals surface area contributed by atoms with Crippen molar-refractivity contribution >= 4 is 53.8 Å². The molecule has 0 bridgehead atoms. The van der Waals surface area contributed by atoms with E-state index < -0.39 is 35.8 Å². The first-order valence-electron chi connectivity index (χ1n) is 13.2. The zero-order valence-corrected chi connectivity index (χ0v) is 25.7. The zero-order valence-electron chi connectivity index (χ0n) is 24.1. The van der Waals surface area contributed by atoms with Crippen LogP contribution >= 0.6 is 0 Å². The topological polar surface area (TPSA) is 188 Å². The van der Waals surface area contributed by atoms with E-state index in [2.05, 4.69) is 20.5 Å². The molecule has 0 aromatic heterocycles. The second kappa shape index (κ2) is 12.2. The lowest BCUT2D eigenvalue weighted by atomic mass is 10.0. The third-order valence-electron chi connectivity index (χ3n) is 6.91. The molecule has 0 aliphatic carbocycles. The van der Waals surface area contributed by atoms with Crippen LogP contribution in [-0.2, 0) is 20.2 Å². The monoisotopic (exact) mass is 646 g/mol. The fourth-order valence-electron chi connectivity index (χ4n) is 4.58. The minimum atomic E-state index is -5.01. The molecule has 0 amide bonds. The normalized spacial score (nSPS) is 12.4. The molecular formula is C31H26N4O8S2. The fourth-order valence-corrected chi connectivity index (χ4v) is 5.95. The number of hydrogen-bond acceptors (Lipinski definition) is 10. The number of nitrogens with zero attached hydrogens (tertiary/aromatic N) is 4. The van der Waals surface area contributed by atoms with Crippen molar-refractivity contribution in [2.75, 3.05) is 7.11 Å². The van der Waals surface area contributed by atoms with Crippen LogP contribution in [0.3, 0.4) is 0 Å². The molecule has 0 saturated heterocycles. The van der Waals surface area contributed by atoms with Gasteiger partial charge in [0.15, 0.2) is 0 Å². The van der Waals surface area contributed by atoms with Gasteiger partial charge >= 0.3 is 0 Å². The SMILES string of the molecule is COc1ccc(N=Nc2ccc(-c3ccc(N=Nc4c(O)ccc5cc(S(=O)(=O)O)cc(S(=O)(=O)O)c45)c(C)c3)cc2C)cc1. The summed E-state index contributed by atoms with van der Waals surface area (Å²) in [5.74, 6) is 0.261. The predicted octanol–water partition coefficient (Wildman–Crippen LogP) is 8.16. The van der Waals surface area contributed by atoms with Crippen molar-refractivity contribution in [3.05, 3.63) is 96.1 Å². The lowest BCUT2D eigenvalue weighted by molar-refractivity contribution is 0.415. The molecule has 0 spiro atoms. The van der Waals surface area contributed by atoms with Gasteiger partial charge in [-0.05, 0) is 108 Å². The highest BCUT2D eigenvalue weighted by Gasteiger charge is 2.24. The quantitative estimate of drug-likeness (QED) is 0.111. The number of azo groups is 2. The molecule has 0 heterocycles. The maximum Gasteiger partial charge on any atom is 0.295 e. The van der Waals surface area contributed by atoms with E-state index in [1.165, 1.54) is 6.07 Å². The van der Waals surface area contributed by atoms with E-state index in [0.29, 0.717) is 28.7 Å². The van der Waals surface area contributed by atoms with E-state index in [0.717, 1.165) is 34.6 Å². The molecule has 3 N–H and O–H groups in total. The van der Waals surface area contributed by atoms with E-state index in [-0.39, 0.29) is 16.5 Å². The van der Waals surface area contributed by atoms with Gasteiger partial charge in [0, 0.05) is 5.39 Å². The van der Waals surface area contributed by atoms with Crippen molar-refractivity contribution in [1.82, 2.24) is 0 Å². The van der Waals surface area contributed by atoms with Gasteiger partial charge in [-0.3, -0.25) is 9.11 Å². The molecule has 0 fully saturated rings. The summed E-state index contributed by atoms with van der Waals surface area (Å²) >= 11 is 0. The Labute approximate surface area is 258 Å². The second-order valence-corrected chi connectivity index (χ2v) is 12.8. The van der Waals surface area contributed by atoms with Crippen molar-refractivity contribution in [2.45, 2.75) is 23.6 Å². The van der Waals surface area contributed by atoms with Crippen molar-refractivity contribution in [1.29, 1.82) is 0 Å². The Kier molecular flexibility index (Phi) is 8.49. The highest BCUT2D eigenvalue weighted by Crippen LogP contribution is 2.41. The van der Waals surface area contributed by atoms with Gasteiger partial charge in [-0.15, -0.1) is 5.11 Å². The Balaban J connectivity index is 1.46. The molecule has 0 atom stereocenters. The number of phenols is 1. The van der Waals surface area contributed by atoms with Crippen LogP contribution in [0.5, 0.6) is 11.5 Å². The van der Waals surface area contributed by atoms with Crippen LogP contribution in [0.4, 0.5) is 22.7 Å². The third-order valence-corrected chi connectivity index (χ3v) is 8.62. The highest BCUT2D eigenvalue weighted by atomic mass is 32.2. The first-order chi connectivity index (χ1) is 21.2. The minimum Gasteiger partial charge on any atom is -0.506 e. The number of aromatic hydroxyl groups is 1. The third kappa shape index (κ3) is 6.89. The molecule has 5 rings (SSSR count). The average Bonchev–Trinajstić information content (AvgIpc) is 2.99. The number of aryl methyl sites for hydroxylation is 2. The Morgan fingerprint density at radius 2 is 1.22 bits per heavy atom. The lowest BCUT2D eigenvalue weighted by Crippen LogP contribution is -2.04. The Morgan fingerprint density at radius 1 is 0.644 bits per heavy atom. The molecular weight excluding hydrogens is 620 g/mol. The lowest BCUT2D eigenvalue weighted by Gasteiger charge is -2.11. The molecule has 0 radical (unpaired) electrons. The molecule has 45 heavy (non-hydrogen) atoms. The van der Waals surface area contributed by atoms with Gasteiger partial charge in [-0.1, -0.05) is 18.2 Å².